The van der Waals surface area contributed by atoms with Gasteiger partial charge in [0.2, 0.25) is 0 Å². The molecular weight excluding hydrogens is 190 g/mol. The average molecular weight is 203 g/mol. The van der Waals surface area contributed by atoms with E-state index in [-0.39, 0.29) is 16.0 Å². The molecule has 0 saturated carbocycles. The van der Waals surface area contributed by atoms with Crippen LogP contribution in [0.15, 0.2) is 24.3 Å². The number of rotatable bonds is 1. The summed E-state index contributed by atoms with van der Waals surface area (Å²) in [4.78, 5) is 10.3. The molecule has 0 amide bonds. The molecule has 0 saturated heterocycles. The van der Waals surface area contributed by atoms with Gasteiger partial charge in [0.25, 0.3) is 5.69 Å². The summed E-state index contributed by atoms with van der Waals surface area (Å²) in [6.07, 6.45) is 5.03. The highest BCUT2D eigenvalue weighted by molar-refractivity contribution is 5.62. The van der Waals surface area contributed by atoms with Crippen LogP contribution in [-0.2, 0) is 5.41 Å². The van der Waals surface area contributed by atoms with E-state index < -0.39 is 0 Å². The molecule has 0 unspecified atom stereocenters. The molecule has 3 heteroatoms. The highest BCUT2D eigenvalue weighted by Crippen LogP contribution is 2.36. The van der Waals surface area contributed by atoms with Gasteiger partial charge in [-0.2, -0.15) is 0 Å². The number of fused-ring (bicyclic) bond motifs is 1. The summed E-state index contributed by atoms with van der Waals surface area (Å²) in [6.45, 7) is 4.31. The van der Waals surface area contributed by atoms with Crippen LogP contribution in [0.4, 0.5) is 5.69 Å². The maximum Gasteiger partial charge on any atom is 0.270 e. The molecular formula is C12H13NO2. The third kappa shape index (κ3) is 1.65. The van der Waals surface area contributed by atoms with Gasteiger partial charge in [-0.05, 0) is 23.0 Å². The fraction of sp³-hybridized carbons (Fsp3) is 0.333. The van der Waals surface area contributed by atoms with E-state index in [1.807, 2.05) is 12.1 Å². The van der Waals surface area contributed by atoms with Gasteiger partial charge in [-0.25, -0.2) is 0 Å². The molecule has 78 valence electrons. The van der Waals surface area contributed by atoms with Crippen LogP contribution in [0.5, 0.6) is 0 Å². The van der Waals surface area contributed by atoms with Crippen LogP contribution < -0.4 is 0 Å². The van der Waals surface area contributed by atoms with E-state index in [9.17, 15) is 10.1 Å². The zero-order valence-electron chi connectivity index (χ0n) is 8.86. The number of benzene rings is 1. The van der Waals surface area contributed by atoms with Crippen molar-refractivity contribution in [3.8, 4) is 0 Å². The van der Waals surface area contributed by atoms with E-state index in [0.717, 1.165) is 12.0 Å². The number of nitro groups is 1. The van der Waals surface area contributed by atoms with Crippen molar-refractivity contribution in [1.29, 1.82) is 0 Å². The summed E-state index contributed by atoms with van der Waals surface area (Å²) in [6, 6.07) is 5.10. The molecule has 3 nitrogen and oxygen atoms in total. The van der Waals surface area contributed by atoms with E-state index in [1.54, 1.807) is 12.1 Å². The van der Waals surface area contributed by atoms with E-state index in [0.29, 0.717) is 0 Å². The minimum Gasteiger partial charge on any atom is -0.258 e. The lowest BCUT2D eigenvalue weighted by molar-refractivity contribution is -0.384. The molecule has 0 fully saturated rings. The Morgan fingerprint density at radius 2 is 2.13 bits per heavy atom. The van der Waals surface area contributed by atoms with Crippen LogP contribution in [0.25, 0.3) is 6.08 Å². The van der Waals surface area contributed by atoms with Crippen molar-refractivity contribution in [2.24, 2.45) is 0 Å². The van der Waals surface area contributed by atoms with Gasteiger partial charge in [0, 0.05) is 12.1 Å². The Balaban J connectivity index is 2.56. The Bertz CT molecular complexity index is 447. The smallest absolute Gasteiger partial charge is 0.258 e. The minimum atomic E-state index is -0.351. The fourth-order valence-corrected chi connectivity index (χ4v) is 2.01. The molecule has 0 N–H and O–H groups in total. The first-order valence-corrected chi connectivity index (χ1v) is 4.96. The molecule has 0 bridgehead atoms. The van der Waals surface area contributed by atoms with Crippen LogP contribution >= 0.6 is 0 Å². The molecule has 1 aromatic carbocycles. The lowest BCUT2D eigenvalue weighted by Crippen LogP contribution is -2.19. The molecule has 0 aliphatic heterocycles. The molecule has 0 heterocycles. The predicted molar refractivity (Wildman–Crippen MR) is 59.8 cm³/mol. The Morgan fingerprint density at radius 1 is 1.40 bits per heavy atom. The molecule has 0 radical (unpaired) electrons. The summed E-state index contributed by atoms with van der Waals surface area (Å²) < 4.78 is 0. The first-order chi connectivity index (χ1) is 7.00. The van der Waals surface area contributed by atoms with Gasteiger partial charge < -0.3 is 0 Å². The number of hydrogen-bond donors (Lipinski definition) is 0. The van der Waals surface area contributed by atoms with Crippen molar-refractivity contribution in [2.45, 2.75) is 25.7 Å². The summed E-state index contributed by atoms with van der Waals surface area (Å²) in [5.74, 6) is 0. The SMILES string of the molecule is CC1(C)CC=Cc2cc([N+](=O)[O-])ccc21. The molecule has 15 heavy (non-hydrogen) atoms. The summed E-state index contributed by atoms with van der Waals surface area (Å²) in [5, 5.41) is 10.6. The van der Waals surface area contributed by atoms with Gasteiger partial charge in [-0.15, -0.1) is 0 Å². The summed E-state index contributed by atoms with van der Waals surface area (Å²) in [7, 11) is 0. The van der Waals surface area contributed by atoms with Gasteiger partial charge in [0.05, 0.1) is 4.92 Å². The fourth-order valence-electron chi connectivity index (χ4n) is 2.01. The van der Waals surface area contributed by atoms with E-state index in [1.165, 1.54) is 5.56 Å². The largest absolute Gasteiger partial charge is 0.270 e. The van der Waals surface area contributed by atoms with Crippen LogP contribution in [0, 0.1) is 10.1 Å². The number of nitrogens with zero attached hydrogens (tertiary/aromatic N) is 1. The molecule has 0 spiro atoms. The topological polar surface area (TPSA) is 43.1 Å². The van der Waals surface area contributed by atoms with Gasteiger partial charge >= 0.3 is 0 Å². The van der Waals surface area contributed by atoms with Crippen LogP contribution in [0.3, 0.4) is 0 Å². The second kappa shape index (κ2) is 3.19. The normalized spacial score (nSPS) is 17.2. The van der Waals surface area contributed by atoms with Crippen molar-refractivity contribution in [3.05, 3.63) is 45.5 Å². The number of hydrogen-bond acceptors (Lipinski definition) is 2. The van der Waals surface area contributed by atoms with Gasteiger partial charge in [0.1, 0.15) is 0 Å². The monoisotopic (exact) mass is 203 g/mol. The molecule has 1 aromatic rings. The lowest BCUT2D eigenvalue weighted by Gasteiger charge is -2.28. The van der Waals surface area contributed by atoms with E-state index in [4.69, 9.17) is 0 Å². The quantitative estimate of drug-likeness (QED) is 0.519. The standard InChI is InChI=1S/C12H13NO2/c1-12(2)7-3-4-9-8-10(13(14)15)5-6-11(9)12/h3-6,8H,7H2,1-2H3. The van der Waals surface area contributed by atoms with Crippen molar-refractivity contribution in [2.75, 3.05) is 0 Å². The molecule has 0 atom stereocenters. The summed E-state index contributed by atoms with van der Waals surface area (Å²) in [5.41, 5.74) is 2.41. The van der Waals surface area contributed by atoms with E-state index in [2.05, 4.69) is 19.9 Å². The van der Waals surface area contributed by atoms with Gasteiger partial charge in [-0.3, -0.25) is 10.1 Å². The maximum absolute atomic E-state index is 10.6. The lowest BCUT2D eigenvalue weighted by atomic mass is 9.76. The van der Waals surface area contributed by atoms with Crippen molar-refractivity contribution < 1.29 is 4.92 Å². The second-order valence-corrected chi connectivity index (χ2v) is 4.52. The number of nitro benzene ring substituents is 1. The highest BCUT2D eigenvalue weighted by Gasteiger charge is 2.25. The Morgan fingerprint density at radius 3 is 2.80 bits per heavy atom. The zero-order valence-corrected chi connectivity index (χ0v) is 8.86. The van der Waals surface area contributed by atoms with Crippen molar-refractivity contribution >= 4 is 11.8 Å². The molecule has 1 aliphatic rings. The predicted octanol–water partition coefficient (Wildman–Crippen LogP) is 3.29. The maximum atomic E-state index is 10.6. The Labute approximate surface area is 88.6 Å². The van der Waals surface area contributed by atoms with Gasteiger partial charge in [0.15, 0.2) is 0 Å². The van der Waals surface area contributed by atoms with Crippen molar-refractivity contribution in [3.63, 3.8) is 0 Å². The Hall–Kier alpha value is -1.64. The highest BCUT2D eigenvalue weighted by atomic mass is 16.6. The third-order valence-corrected chi connectivity index (χ3v) is 2.90. The summed E-state index contributed by atoms with van der Waals surface area (Å²) >= 11 is 0. The van der Waals surface area contributed by atoms with Crippen LogP contribution in [0.1, 0.15) is 31.4 Å². The first kappa shape index (κ1) is 9.90. The van der Waals surface area contributed by atoms with Crippen molar-refractivity contribution in [1.82, 2.24) is 0 Å². The van der Waals surface area contributed by atoms with Gasteiger partial charge in [-0.1, -0.05) is 32.1 Å². The molecule has 0 aromatic heterocycles. The Kier molecular flexibility index (Phi) is 2.11. The zero-order chi connectivity index (χ0) is 11.1. The number of allylic oxidation sites excluding steroid dienone is 1. The van der Waals surface area contributed by atoms with Crippen LogP contribution in [0.2, 0.25) is 0 Å². The third-order valence-electron chi connectivity index (χ3n) is 2.90. The van der Waals surface area contributed by atoms with E-state index >= 15 is 0 Å². The first-order valence-electron chi connectivity index (χ1n) is 4.96. The van der Waals surface area contributed by atoms with Crippen LogP contribution in [-0.4, -0.2) is 4.92 Å². The molecule has 2 rings (SSSR count). The minimum absolute atomic E-state index is 0.0826. The molecule has 1 aliphatic carbocycles. The second-order valence-electron chi connectivity index (χ2n) is 4.52. The average Bonchev–Trinajstić information content (AvgIpc) is 2.16. The number of non-ortho nitro benzene ring substituents is 1.